The number of morpholine rings is 1. The summed E-state index contributed by atoms with van der Waals surface area (Å²) in [7, 11) is 0. The van der Waals surface area contributed by atoms with Gasteiger partial charge in [0.2, 0.25) is 11.8 Å². The van der Waals surface area contributed by atoms with Crippen molar-refractivity contribution >= 4 is 36.4 Å². The maximum atomic E-state index is 12.3. The Kier molecular flexibility index (Phi) is 8.99. The van der Waals surface area contributed by atoms with Crippen LogP contribution in [0.1, 0.15) is 18.1 Å². The molecule has 8 heteroatoms. The molecule has 1 aliphatic rings. The fraction of sp³-hybridized carbons (Fsp3) is 0.368. The van der Waals surface area contributed by atoms with Gasteiger partial charge in [0.1, 0.15) is 11.8 Å². The van der Waals surface area contributed by atoms with Crippen molar-refractivity contribution in [3.05, 3.63) is 47.7 Å². The summed E-state index contributed by atoms with van der Waals surface area (Å²) in [5.74, 6) is 1.14. The molecule has 6 nitrogen and oxygen atoms in total. The summed E-state index contributed by atoms with van der Waals surface area (Å²) in [5.41, 5.74) is 2.87. The number of carbonyl (C=O) groups is 1. The van der Waals surface area contributed by atoms with E-state index < -0.39 is 0 Å². The van der Waals surface area contributed by atoms with Crippen molar-refractivity contribution < 1.29 is 14.3 Å². The van der Waals surface area contributed by atoms with Crippen LogP contribution in [0.4, 0.5) is 5.69 Å². The summed E-state index contributed by atoms with van der Waals surface area (Å²) in [6.45, 7) is 7.23. The van der Waals surface area contributed by atoms with Gasteiger partial charge in [-0.25, -0.2) is 4.98 Å². The summed E-state index contributed by atoms with van der Waals surface area (Å²) < 4.78 is 11.3. The number of benzene rings is 1. The largest absolute Gasteiger partial charge is 0.439 e. The van der Waals surface area contributed by atoms with Crippen molar-refractivity contribution in [3.8, 4) is 11.6 Å². The van der Waals surface area contributed by atoms with Gasteiger partial charge in [0.05, 0.1) is 24.6 Å². The zero-order chi connectivity index (χ0) is 17.8. The van der Waals surface area contributed by atoms with Crippen molar-refractivity contribution in [1.82, 2.24) is 10.3 Å². The Labute approximate surface area is 171 Å². The molecule has 0 radical (unpaired) electrons. The van der Waals surface area contributed by atoms with E-state index in [0.717, 1.165) is 16.9 Å². The predicted octanol–water partition coefficient (Wildman–Crippen LogP) is 3.65. The number of aryl methyl sites for hydroxylation is 1. The van der Waals surface area contributed by atoms with Crippen molar-refractivity contribution in [3.63, 3.8) is 0 Å². The van der Waals surface area contributed by atoms with Crippen LogP contribution in [0, 0.1) is 13.8 Å². The van der Waals surface area contributed by atoms with E-state index in [4.69, 9.17) is 9.47 Å². The highest BCUT2D eigenvalue weighted by atomic mass is 35.5. The number of halogens is 2. The molecule has 3 rings (SSSR count). The van der Waals surface area contributed by atoms with Crippen molar-refractivity contribution in [1.29, 1.82) is 0 Å². The molecule has 0 saturated carbocycles. The quantitative estimate of drug-likeness (QED) is 0.799. The molecule has 1 fully saturated rings. The summed E-state index contributed by atoms with van der Waals surface area (Å²) >= 11 is 0. The SMILES string of the molecule is Cc1cccc(Oc2ccc(NC(=O)[C@H]3NCCO[C@@H]3C)cn2)c1C.Cl.Cl. The Morgan fingerprint density at radius 1 is 1.26 bits per heavy atom. The van der Waals surface area contributed by atoms with E-state index in [0.29, 0.717) is 24.7 Å². The minimum atomic E-state index is -0.361. The van der Waals surface area contributed by atoms with Crippen LogP contribution < -0.4 is 15.4 Å². The van der Waals surface area contributed by atoms with Crippen LogP contribution in [0.2, 0.25) is 0 Å². The molecule has 2 atom stereocenters. The number of nitrogens with zero attached hydrogens (tertiary/aromatic N) is 1. The van der Waals surface area contributed by atoms with Crippen LogP contribution in [0.3, 0.4) is 0 Å². The lowest BCUT2D eigenvalue weighted by molar-refractivity contribution is -0.123. The van der Waals surface area contributed by atoms with Crippen LogP contribution in [-0.2, 0) is 9.53 Å². The topological polar surface area (TPSA) is 72.5 Å². The van der Waals surface area contributed by atoms with Crippen molar-refractivity contribution in [2.24, 2.45) is 0 Å². The lowest BCUT2D eigenvalue weighted by Gasteiger charge is -2.29. The zero-order valence-electron chi connectivity index (χ0n) is 15.5. The highest BCUT2D eigenvalue weighted by Crippen LogP contribution is 2.26. The molecule has 148 valence electrons. The molecule has 27 heavy (non-hydrogen) atoms. The summed E-state index contributed by atoms with van der Waals surface area (Å²) in [6, 6.07) is 9.06. The van der Waals surface area contributed by atoms with Crippen LogP contribution in [0.25, 0.3) is 0 Å². The van der Waals surface area contributed by atoms with Crippen molar-refractivity contribution in [2.75, 3.05) is 18.5 Å². The molecule has 0 unspecified atom stereocenters. The smallest absolute Gasteiger partial charge is 0.244 e. The summed E-state index contributed by atoms with van der Waals surface area (Å²) in [4.78, 5) is 16.6. The number of pyridine rings is 1. The van der Waals surface area contributed by atoms with Crippen molar-refractivity contribution in [2.45, 2.75) is 32.9 Å². The fourth-order valence-corrected chi connectivity index (χ4v) is 2.71. The monoisotopic (exact) mass is 413 g/mol. The second kappa shape index (κ2) is 10.5. The Morgan fingerprint density at radius 2 is 2.04 bits per heavy atom. The third kappa shape index (κ3) is 5.81. The molecule has 0 spiro atoms. The number of nitrogens with one attached hydrogen (secondary N) is 2. The molecule has 1 aliphatic heterocycles. The van der Waals surface area contributed by atoms with E-state index in [1.54, 1.807) is 18.3 Å². The first-order valence-corrected chi connectivity index (χ1v) is 8.40. The van der Waals surface area contributed by atoms with Gasteiger partial charge in [0.25, 0.3) is 0 Å². The third-order valence-corrected chi connectivity index (χ3v) is 4.37. The minimum Gasteiger partial charge on any atom is -0.439 e. The lowest BCUT2D eigenvalue weighted by atomic mass is 10.1. The van der Waals surface area contributed by atoms with E-state index in [1.165, 1.54) is 0 Å². The molecule has 1 amide bonds. The normalized spacial score (nSPS) is 18.6. The first-order chi connectivity index (χ1) is 12.0. The van der Waals surface area contributed by atoms with Gasteiger partial charge in [-0.05, 0) is 44.0 Å². The van der Waals surface area contributed by atoms with Crippen LogP contribution in [0.15, 0.2) is 36.5 Å². The molecular formula is C19H25Cl2N3O3. The maximum Gasteiger partial charge on any atom is 0.244 e. The number of amides is 1. The molecule has 1 saturated heterocycles. The first kappa shape index (κ1) is 23.2. The molecule has 0 bridgehead atoms. The average molecular weight is 414 g/mol. The first-order valence-electron chi connectivity index (χ1n) is 8.40. The second-order valence-corrected chi connectivity index (χ2v) is 6.18. The van der Waals surface area contributed by atoms with Crippen LogP contribution >= 0.6 is 24.8 Å². The Bertz CT molecular complexity index is 756. The Morgan fingerprint density at radius 3 is 2.70 bits per heavy atom. The number of hydrogen-bond donors (Lipinski definition) is 2. The molecule has 2 N–H and O–H groups in total. The van der Waals surface area contributed by atoms with Gasteiger partial charge in [0.15, 0.2) is 0 Å². The number of rotatable bonds is 4. The number of aromatic nitrogens is 1. The van der Waals surface area contributed by atoms with Gasteiger partial charge in [-0.3, -0.25) is 4.79 Å². The predicted molar refractivity (Wildman–Crippen MR) is 111 cm³/mol. The van der Waals surface area contributed by atoms with E-state index >= 15 is 0 Å². The van der Waals surface area contributed by atoms with Gasteiger partial charge in [-0.1, -0.05) is 12.1 Å². The molecule has 1 aromatic heterocycles. The highest BCUT2D eigenvalue weighted by molar-refractivity contribution is 5.95. The Hall–Kier alpha value is -1.86. The summed E-state index contributed by atoms with van der Waals surface area (Å²) in [6.07, 6.45) is 1.43. The number of carbonyl (C=O) groups excluding carboxylic acids is 1. The highest BCUT2D eigenvalue weighted by Gasteiger charge is 2.28. The third-order valence-electron chi connectivity index (χ3n) is 4.37. The number of ether oxygens (including phenoxy) is 2. The van der Waals surface area contributed by atoms with Gasteiger partial charge >= 0.3 is 0 Å². The maximum absolute atomic E-state index is 12.3. The van der Waals surface area contributed by atoms with Gasteiger partial charge < -0.3 is 20.1 Å². The van der Waals surface area contributed by atoms with E-state index in [1.807, 2.05) is 39.0 Å². The van der Waals surface area contributed by atoms with Gasteiger partial charge in [-0.2, -0.15) is 0 Å². The average Bonchev–Trinajstić information content (AvgIpc) is 2.61. The molecule has 2 aromatic rings. The second-order valence-electron chi connectivity index (χ2n) is 6.18. The van der Waals surface area contributed by atoms with E-state index in [9.17, 15) is 4.79 Å². The number of hydrogen-bond acceptors (Lipinski definition) is 5. The minimum absolute atomic E-state index is 0. The lowest BCUT2D eigenvalue weighted by Crippen LogP contribution is -2.53. The number of anilines is 1. The Balaban J connectivity index is 0.00000182. The van der Waals surface area contributed by atoms with Crippen LogP contribution in [0.5, 0.6) is 11.6 Å². The molecule has 2 heterocycles. The zero-order valence-corrected chi connectivity index (χ0v) is 17.2. The standard InChI is InChI=1S/C19H23N3O3.2ClH/c1-12-5-4-6-16(13(12)2)25-17-8-7-15(11-21-17)22-19(23)18-14(3)24-10-9-20-18;;/h4-8,11,14,18,20H,9-10H2,1-3H3,(H,22,23);2*1H/t14-,18+;;/m1../s1. The molecule has 1 aromatic carbocycles. The van der Waals surface area contributed by atoms with E-state index in [2.05, 4.69) is 15.6 Å². The van der Waals surface area contributed by atoms with Gasteiger partial charge in [-0.15, -0.1) is 24.8 Å². The molecular weight excluding hydrogens is 389 g/mol. The fourth-order valence-electron chi connectivity index (χ4n) is 2.71. The molecule has 0 aliphatic carbocycles. The van der Waals surface area contributed by atoms with E-state index in [-0.39, 0.29) is 42.9 Å². The summed E-state index contributed by atoms with van der Waals surface area (Å²) in [5, 5.41) is 6.02. The van der Waals surface area contributed by atoms with Crippen LogP contribution in [-0.4, -0.2) is 36.2 Å². The van der Waals surface area contributed by atoms with Gasteiger partial charge in [0, 0.05) is 12.6 Å².